The Morgan fingerprint density at radius 1 is 0.794 bits per heavy atom. The van der Waals surface area contributed by atoms with Crippen LogP contribution in [0.1, 0.15) is 63.9 Å². The fourth-order valence-electron chi connectivity index (χ4n) is 5.02. The fourth-order valence-corrected chi connectivity index (χ4v) is 5.02. The van der Waals surface area contributed by atoms with Gasteiger partial charge in [0, 0.05) is 37.3 Å². The van der Waals surface area contributed by atoms with E-state index in [-0.39, 0.29) is 23.6 Å². The molecule has 2 saturated heterocycles. The number of amides is 3. The third-order valence-corrected chi connectivity index (χ3v) is 7.10. The molecule has 0 spiro atoms. The van der Waals surface area contributed by atoms with Crippen LogP contribution in [0.3, 0.4) is 0 Å². The third kappa shape index (κ3) is 5.66. The summed E-state index contributed by atoms with van der Waals surface area (Å²) in [5, 5.41) is 3.07. The first kappa shape index (κ1) is 24.0. The van der Waals surface area contributed by atoms with Gasteiger partial charge in [0.2, 0.25) is 5.91 Å². The highest BCUT2D eigenvalue weighted by atomic mass is 16.2. The van der Waals surface area contributed by atoms with Gasteiger partial charge in [-0.15, -0.1) is 0 Å². The van der Waals surface area contributed by atoms with E-state index < -0.39 is 6.04 Å². The van der Waals surface area contributed by atoms with Gasteiger partial charge in [-0.3, -0.25) is 14.4 Å². The minimum Gasteiger partial charge on any atom is -0.341 e. The molecule has 6 heteroatoms. The molecule has 0 saturated carbocycles. The Morgan fingerprint density at radius 2 is 1.47 bits per heavy atom. The second-order valence-electron chi connectivity index (χ2n) is 9.70. The topological polar surface area (TPSA) is 69.7 Å². The van der Waals surface area contributed by atoms with Crippen molar-refractivity contribution in [3.8, 4) is 0 Å². The average Bonchev–Trinajstić information content (AvgIpc) is 2.87. The minimum absolute atomic E-state index is 0.00499. The molecule has 2 aliphatic rings. The molecule has 1 atom stereocenters. The Kier molecular flexibility index (Phi) is 7.66. The fraction of sp³-hybridized carbons (Fsp3) is 0.464. The van der Waals surface area contributed by atoms with Crippen LogP contribution < -0.4 is 5.32 Å². The number of aryl methyl sites for hydroxylation is 2. The van der Waals surface area contributed by atoms with E-state index in [1.165, 1.54) is 0 Å². The number of carbonyl (C=O) groups excluding carboxylic acids is 3. The van der Waals surface area contributed by atoms with E-state index in [4.69, 9.17) is 0 Å². The van der Waals surface area contributed by atoms with Crippen molar-refractivity contribution in [1.82, 2.24) is 15.1 Å². The molecule has 2 aromatic rings. The Bertz CT molecular complexity index is 1020. The zero-order valence-electron chi connectivity index (χ0n) is 20.3. The highest BCUT2D eigenvalue weighted by Crippen LogP contribution is 2.25. The molecule has 180 valence electrons. The lowest BCUT2D eigenvalue weighted by Gasteiger charge is -2.38. The molecule has 2 fully saturated rings. The molecular weight excluding hydrogens is 426 g/mol. The lowest BCUT2D eigenvalue weighted by atomic mass is 9.87. The highest BCUT2D eigenvalue weighted by Gasteiger charge is 2.36. The molecule has 6 nitrogen and oxygen atoms in total. The number of hydrogen-bond donors (Lipinski definition) is 1. The molecule has 0 aliphatic carbocycles. The van der Waals surface area contributed by atoms with Crippen LogP contribution in [0.5, 0.6) is 0 Å². The van der Waals surface area contributed by atoms with Crippen LogP contribution in [0.4, 0.5) is 0 Å². The summed E-state index contributed by atoms with van der Waals surface area (Å²) in [6.07, 6.45) is 4.54. The predicted octanol–water partition coefficient (Wildman–Crippen LogP) is 3.97. The van der Waals surface area contributed by atoms with Crippen molar-refractivity contribution in [3.05, 3.63) is 70.8 Å². The second kappa shape index (κ2) is 10.9. The summed E-state index contributed by atoms with van der Waals surface area (Å²) in [5.74, 6) is -0.160. The average molecular weight is 462 g/mol. The van der Waals surface area contributed by atoms with E-state index in [2.05, 4.69) is 5.32 Å². The van der Waals surface area contributed by atoms with E-state index >= 15 is 0 Å². The van der Waals surface area contributed by atoms with Gasteiger partial charge in [-0.25, -0.2) is 0 Å². The Morgan fingerprint density at radius 3 is 2.12 bits per heavy atom. The first-order valence-corrected chi connectivity index (χ1v) is 12.4. The number of nitrogens with zero attached hydrogens (tertiary/aromatic N) is 2. The standard InChI is InChI=1S/C28H35N3O3/c1-20-9-11-23(12-10-20)26(32)29-25(28(34)30-15-4-3-5-16-30)22-13-17-31(18-14-22)27(33)24-8-6-7-21(2)19-24/h6-12,19,22,25H,3-5,13-18H2,1-2H3,(H,29,32). The maximum atomic E-state index is 13.5. The number of carbonyl (C=O) groups is 3. The smallest absolute Gasteiger partial charge is 0.253 e. The molecule has 3 amide bonds. The lowest BCUT2D eigenvalue weighted by Crippen LogP contribution is -2.55. The van der Waals surface area contributed by atoms with Crippen molar-refractivity contribution in [2.24, 2.45) is 5.92 Å². The van der Waals surface area contributed by atoms with Gasteiger partial charge >= 0.3 is 0 Å². The molecule has 2 aliphatic heterocycles. The van der Waals surface area contributed by atoms with Crippen LogP contribution in [0.25, 0.3) is 0 Å². The van der Waals surface area contributed by atoms with E-state index in [0.717, 1.165) is 43.5 Å². The van der Waals surface area contributed by atoms with Crippen molar-refractivity contribution in [2.75, 3.05) is 26.2 Å². The minimum atomic E-state index is -0.567. The van der Waals surface area contributed by atoms with Crippen molar-refractivity contribution < 1.29 is 14.4 Å². The van der Waals surface area contributed by atoms with Gasteiger partial charge in [0.1, 0.15) is 6.04 Å². The maximum Gasteiger partial charge on any atom is 0.253 e. The summed E-state index contributed by atoms with van der Waals surface area (Å²) < 4.78 is 0. The number of nitrogens with one attached hydrogen (secondary N) is 1. The van der Waals surface area contributed by atoms with Crippen LogP contribution in [-0.2, 0) is 4.79 Å². The van der Waals surface area contributed by atoms with Gasteiger partial charge in [-0.1, -0.05) is 35.4 Å². The predicted molar refractivity (Wildman–Crippen MR) is 133 cm³/mol. The SMILES string of the molecule is Cc1ccc(C(=O)NC(C(=O)N2CCCCC2)C2CCN(C(=O)c3cccc(C)c3)CC2)cc1. The van der Waals surface area contributed by atoms with E-state index in [9.17, 15) is 14.4 Å². The van der Waals surface area contributed by atoms with E-state index in [0.29, 0.717) is 37.1 Å². The van der Waals surface area contributed by atoms with Crippen molar-refractivity contribution in [1.29, 1.82) is 0 Å². The molecule has 1 unspecified atom stereocenters. The zero-order valence-corrected chi connectivity index (χ0v) is 20.3. The zero-order chi connectivity index (χ0) is 24.1. The monoisotopic (exact) mass is 461 g/mol. The highest BCUT2D eigenvalue weighted by molar-refractivity contribution is 5.98. The van der Waals surface area contributed by atoms with E-state index in [1.54, 1.807) is 12.1 Å². The van der Waals surface area contributed by atoms with E-state index in [1.807, 2.05) is 60.0 Å². The number of benzene rings is 2. The summed E-state index contributed by atoms with van der Waals surface area (Å²) in [4.78, 5) is 43.3. The number of rotatable bonds is 5. The van der Waals surface area contributed by atoms with Crippen molar-refractivity contribution in [2.45, 2.75) is 52.0 Å². The normalized spacial score (nSPS) is 17.8. The Balaban J connectivity index is 1.46. The van der Waals surface area contributed by atoms with Gasteiger partial charge in [0.25, 0.3) is 11.8 Å². The van der Waals surface area contributed by atoms with Crippen LogP contribution in [0.2, 0.25) is 0 Å². The molecule has 2 heterocycles. The van der Waals surface area contributed by atoms with Gasteiger partial charge in [-0.2, -0.15) is 0 Å². The van der Waals surface area contributed by atoms with Crippen LogP contribution in [0, 0.1) is 19.8 Å². The molecule has 0 radical (unpaired) electrons. The summed E-state index contributed by atoms with van der Waals surface area (Å²) in [7, 11) is 0. The molecule has 4 rings (SSSR count). The number of likely N-dealkylation sites (tertiary alicyclic amines) is 2. The summed E-state index contributed by atoms with van der Waals surface area (Å²) in [6, 6.07) is 14.5. The summed E-state index contributed by atoms with van der Waals surface area (Å²) in [5.41, 5.74) is 3.41. The quantitative estimate of drug-likeness (QED) is 0.733. The van der Waals surface area contributed by atoms with Gasteiger partial charge in [0.05, 0.1) is 0 Å². The van der Waals surface area contributed by atoms with Gasteiger partial charge < -0.3 is 15.1 Å². The first-order valence-electron chi connectivity index (χ1n) is 12.4. The molecule has 2 aromatic carbocycles. The molecule has 1 N–H and O–H groups in total. The van der Waals surface area contributed by atoms with Gasteiger partial charge in [-0.05, 0) is 76.1 Å². The van der Waals surface area contributed by atoms with Crippen molar-refractivity contribution in [3.63, 3.8) is 0 Å². The first-order chi connectivity index (χ1) is 16.4. The Hall–Kier alpha value is -3.15. The van der Waals surface area contributed by atoms with Crippen LogP contribution in [-0.4, -0.2) is 59.7 Å². The molecular formula is C28H35N3O3. The maximum absolute atomic E-state index is 13.5. The number of piperidine rings is 2. The number of hydrogen-bond acceptors (Lipinski definition) is 3. The van der Waals surface area contributed by atoms with Crippen LogP contribution in [0.15, 0.2) is 48.5 Å². The largest absolute Gasteiger partial charge is 0.341 e. The Labute approximate surface area is 202 Å². The molecule has 34 heavy (non-hydrogen) atoms. The molecule has 0 bridgehead atoms. The summed E-state index contributed by atoms with van der Waals surface area (Å²) in [6.45, 7) is 6.64. The van der Waals surface area contributed by atoms with Gasteiger partial charge in [0.15, 0.2) is 0 Å². The third-order valence-electron chi connectivity index (χ3n) is 7.10. The summed E-state index contributed by atoms with van der Waals surface area (Å²) >= 11 is 0. The lowest BCUT2D eigenvalue weighted by molar-refractivity contribution is -0.136. The second-order valence-corrected chi connectivity index (χ2v) is 9.70. The van der Waals surface area contributed by atoms with Crippen LogP contribution >= 0.6 is 0 Å². The van der Waals surface area contributed by atoms with Crippen molar-refractivity contribution >= 4 is 17.7 Å². The molecule has 0 aromatic heterocycles.